The molecule has 0 aliphatic carbocycles. The smallest absolute Gasteiger partial charge is 0.318 e. The highest BCUT2D eigenvalue weighted by atomic mass is 32.2. The molecule has 1 aromatic rings. The maximum Gasteiger partial charge on any atom is 0.503 e. The molecule has 0 spiro atoms. The van der Waals surface area contributed by atoms with E-state index in [9.17, 15) is 43.2 Å². The summed E-state index contributed by atoms with van der Waals surface area (Å²) < 4.78 is 121. The Morgan fingerprint density at radius 1 is 0.955 bits per heavy atom. The van der Waals surface area contributed by atoms with E-state index < -0.39 is 53.1 Å². The first-order valence-corrected chi connectivity index (χ1v) is 8.25. The topological polar surface area (TPSA) is 86.1 Å². The van der Waals surface area contributed by atoms with Crippen LogP contribution < -0.4 is 0 Å². The Labute approximate surface area is 120 Å². The van der Waals surface area contributed by atoms with Gasteiger partial charge in [-0.25, -0.2) is 21.8 Å². The summed E-state index contributed by atoms with van der Waals surface area (Å²) in [5.74, 6) is -0.617. The van der Waals surface area contributed by atoms with Crippen molar-refractivity contribution in [3.05, 3.63) is 5.82 Å². The predicted molar refractivity (Wildman–Crippen MR) is 59.1 cm³/mol. The number of imidazole rings is 1. The van der Waals surface area contributed by atoms with Gasteiger partial charge < -0.3 is 4.57 Å². The molecule has 22 heavy (non-hydrogen) atoms. The summed E-state index contributed by atoms with van der Waals surface area (Å²) in [6, 6.07) is 0. The van der Waals surface area contributed by atoms with E-state index in [4.69, 9.17) is 0 Å². The van der Waals surface area contributed by atoms with Crippen LogP contribution in [0.4, 0.5) is 26.3 Å². The molecule has 0 aromatic carbocycles. The molecule has 0 N–H and O–H groups in total. The molecule has 0 bridgehead atoms. The van der Waals surface area contributed by atoms with Gasteiger partial charge in [0, 0.05) is 6.54 Å². The lowest BCUT2D eigenvalue weighted by Gasteiger charge is -2.13. The number of hydrogen-bond donors (Lipinski definition) is 0. The summed E-state index contributed by atoms with van der Waals surface area (Å²) in [4.78, 5) is 2.88. The van der Waals surface area contributed by atoms with Gasteiger partial charge in [0.1, 0.15) is 5.82 Å². The largest absolute Gasteiger partial charge is 0.503 e. The normalized spacial score (nSPS) is 14.4. The SMILES string of the molecule is CCn1c(C)nc(S(=O)(=O)C(F)(F)F)c1S(=O)(=O)C(F)(F)F. The standard InChI is InChI=1S/C8H8F6N2O4S2/c1-3-16-4(2)15-5(21(17,18)7(9,10)11)6(16)22(19,20)8(12,13)14/h3H2,1-2H3. The van der Waals surface area contributed by atoms with E-state index in [1.165, 1.54) is 0 Å². The minimum atomic E-state index is -6.37. The second-order valence-corrected chi connectivity index (χ2v) is 7.62. The van der Waals surface area contributed by atoms with Crippen LogP contribution in [0.3, 0.4) is 0 Å². The summed E-state index contributed by atoms with van der Waals surface area (Å²) in [5.41, 5.74) is -12.0. The van der Waals surface area contributed by atoms with Gasteiger partial charge in [0.15, 0.2) is 5.03 Å². The first-order valence-electron chi connectivity index (χ1n) is 5.28. The molecule has 128 valence electrons. The van der Waals surface area contributed by atoms with Crippen molar-refractivity contribution >= 4 is 19.7 Å². The number of nitrogens with zero attached hydrogens (tertiary/aromatic N) is 2. The fourth-order valence-electron chi connectivity index (χ4n) is 1.54. The maximum atomic E-state index is 12.6. The molecule has 6 nitrogen and oxygen atoms in total. The van der Waals surface area contributed by atoms with E-state index in [0.717, 1.165) is 13.8 Å². The molecule has 0 saturated carbocycles. The van der Waals surface area contributed by atoms with Gasteiger partial charge in [-0.15, -0.1) is 0 Å². The lowest BCUT2D eigenvalue weighted by atomic mass is 10.6. The molecular weight excluding hydrogens is 366 g/mol. The van der Waals surface area contributed by atoms with Crippen molar-refractivity contribution in [2.24, 2.45) is 0 Å². The lowest BCUT2D eigenvalue weighted by Crippen LogP contribution is -2.30. The molecule has 0 aliphatic rings. The van der Waals surface area contributed by atoms with Crippen LogP contribution >= 0.6 is 0 Å². The Morgan fingerprint density at radius 2 is 1.36 bits per heavy atom. The molecule has 1 rings (SSSR count). The summed E-state index contributed by atoms with van der Waals surface area (Å²) in [5, 5.41) is -4.23. The number of hydrogen-bond acceptors (Lipinski definition) is 5. The van der Waals surface area contributed by atoms with Crippen LogP contribution in [0.2, 0.25) is 0 Å². The molecule has 0 radical (unpaired) electrons. The zero-order valence-corrected chi connectivity index (χ0v) is 12.5. The minimum absolute atomic E-state index is 0.238. The Morgan fingerprint density at radius 3 is 1.68 bits per heavy atom. The zero-order valence-electron chi connectivity index (χ0n) is 10.8. The number of sulfone groups is 2. The summed E-state index contributed by atoms with van der Waals surface area (Å²) in [6.45, 7) is 1.47. The molecule has 0 amide bonds. The highest BCUT2D eigenvalue weighted by molar-refractivity contribution is 7.95. The highest BCUT2D eigenvalue weighted by Gasteiger charge is 2.56. The average Bonchev–Trinajstić information content (AvgIpc) is 2.63. The van der Waals surface area contributed by atoms with Crippen LogP contribution in [0, 0.1) is 6.92 Å². The fourth-order valence-corrected chi connectivity index (χ4v) is 4.06. The van der Waals surface area contributed by atoms with Crippen molar-refractivity contribution in [2.45, 2.75) is 41.5 Å². The van der Waals surface area contributed by atoms with Gasteiger partial charge in [-0.1, -0.05) is 0 Å². The molecule has 14 heteroatoms. The highest BCUT2D eigenvalue weighted by Crippen LogP contribution is 2.38. The van der Waals surface area contributed by atoms with Gasteiger partial charge in [-0.3, -0.25) is 0 Å². The maximum absolute atomic E-state index is 12.6. The molecule has 0 saturated heterocycles. The molecule has 0 unspecified atom stereocenters. The Balaban J connectivity index is 3.96. The van der Waals surface area contributed by atoms with Gasteiger partial charge in [-0.05, 0) is 13.8 Å². The molecular formula is C8H8F6N2O4S2. The van der Waals surface area contributed by atoms with E-state index in [0.29, 0.717) is 0 Å². The van der Waals surface area contributed by atoms with Crippen molar-refractivity contribution < 1.29 is 43.2 Å². The third-order valence-corrected chi connectivity index (χ3v) is 5.58. The molecule has 0 aliphatic heterocycles. The summed E-state index contributed by atoms with van der Waals surface area (Å²) in [7, 11) is -12.7. The number of aromatic nitrogens is 2. The first kappa shape index (κ1) is 18.7. The molecule has 1 heterocycles. The first-order chi connectivity index (χ1) is 9.59. The van der Waals surface area contributed by atoms with Gasteiger partial charge in [0.2, 0.25) is 5.03 Å². The van der Waals surface area contributed by atoms with E-state index in [2.05, 4.69) is 4.98 Å². The van der Waals surface area contributed by atoms with Gasteiger partial charge >= 0.3 is 11.0 Å². The van der Waals surface area contributed by atoms with Crippen LogP contribution in [0.15, 0.2) is 10.1 Å². The second-order valence-electron chi connectivity index (χ2n) is 3.91. The number of halogens is 6. The molecule has 0 fully saturated rings. The van der Waals surface area contributed by atoms with Gasteiger partial charge in [-0.2, -0.15) is 26.3 Å². The van der Waals surface area contributed by atoms with E-state index >= 15 is 0 Å². The van der Waals surface area contributed by atoms with Gasteiger partial charge in [0.05, 0.1) is 0 Å². The third kappa shape index (κ3) is 2.68. The monoisotopic (exact) mass is 374 g/mol. The Hall–Kier alpha value is -1.31. The van der Waals surface area contributed by atoms with Crippen LogP contribution in [-0.2, 0) is 26.2 Å². The number of aryl methyl sites for hydroxylation is 1. The fraction of sp³-hybridized carbons (Fsp3) is 0.625. The predicted octanol–water partition coefficient (Wildman–Crippen LogP) is 1.80. The summed E-state index contributed by atoms with van der Waals surface area (Å²) >= 11 is 0. The van der Waals surface area contributed by atoms with Crippen LogP contribution in [0.1, 0.15) is 12.7 Å². The number of rotatable bonds is 3. The van der Waals surface area contributed by atoms with Crippen molar-refractivity contribution in [1.29, 1.82) is 0 Å². The Kier molecular flexibility index (Phi) is 4.35. The van der Waals surface area contributed by atoms with E-state index in [1.54, 1.807) is 0 Å². The number of alkyl halides is 6. The minimum Gasteiger partial charge on any atom is -0.318 e. The van der Waals surface area contributed by atoms with Gasteiger partial charge in [0.25, 0.3) is 19.7 Å². The zero-order chi connectivity index (χ0) is 17.7. The van der Waals surface area contributed by atoms with Crippen molar-refractivity contribution in [3.8, 4) is 0 Å². The Bertz CT molecular complexity index is 788. The van der Waals surface area contributed by atoms with Crippen molar-refractivity contribution in [1.82, 2.24) is 9.55 Å². The van der Waals surface area contributed by atoms with E-state index in [1.807, 2.05) is 0 Å². The van der Waals surface area contributed by atoms with Crippen LogP contribution in [-0.4, -0.2) is 37.4 Å². The van der Waals surface area contributed by atoms with Crippen LogP contribution in [0.5, 0.6) is 0 Å². The van der Waals surface area contributed by atoms with Crippen LogP contribution in [0.25, 0.3) is 0 Å². The lowest BCUT2D eigenvalue weighted by molar-refractivity contribution is -0.0461. The van der Waals surface area contributed by atoms with Crippen molar-refractivity contribution in [3.63, 3.8) is 0 Å². The quantitative estimate of drug-likeness (QED) is 0.753. The summed E-state index contributed by atoms with van der Waals surface area (Å²) in [6.07, 6.45) is 0. The molecule has 1 aromatic heterocycles. The van der Waals surface area contributed by atoms with E-state index in [-0.39, 0.29) is 4.57 Å². The third-order valence-electron chi connectivity index (χ3n) is 2.52. The second kappa shape index (κ2) is 5.11. The van der Waals surface area contributed by atoms with Crippen molar-refractivity contribution in [2.75, 3.05) is 0 Å². The average molecular weight is 374 g/mol. The molecule has 0 atom stereocenters.